The molecule has 11 heavy (non-hydrogen) atoms. The van der Waals surface area contributed by atoms with Crippen molar-refractivity contribution in [3.8, 4) is 0 Å². The first kappa shape index (κ1) is 7.60. The van der Waals surface area contributed by atoms with Gasteiger partial charge in [0.05, 0.1) is 5.60 Å². The fourth-order valence-corrected chi connectivity index (χ4v) is 3.02. The topological polar surface area (TPSA) is 20.2 Å². The van der Waals surface area contributed by atoms with Gasteiger partial charge in [-0.05, 0) is 37.5 Å². The molecule has 64 valence electrons. The molecule has 2 saturated carbocycles. The SMILES string of the molecule is CC12CCCCC1(O)CCC2. The summed E-state index contributed by atoms with van der Waals surface area (Å²) in [4.78, 5) is 0. The van der Waals surface area contributed by atoms with Gasteiger partial charge >= 0.3 is 0 Å². The first-order chi connectivity index (χ1) is 5.16. The Bertz CT molecular complexity index is 148. The lowest BCUT2D eigenvalue weighted by molar-refractivity contribution is -0.0819. The summed E-state index contributed by atoms with van der Waals surface area (Å²) in [6, 6.07) is 0. The molecule has 0 aliphatic heterocycles. The van der Waals surface area contributed by atoms with Crippen molar-refractivity contribution in [1.29, 1.82) is 0 Å². The van der Waals surface area contributed by atoms with Crippen molar-refractivity contribution in [1.82, 2.24) is 0 Å². The molecule has 0 heterocycles. The van der Waals surface area contributed by atoms with E-state index in [4.69, 9.17) is 0 Å². The predicted octanol–water partition coefficient (Wildman–Crippen LogP) is 2.48. The van der Waals surface area contributed by atoms with Crippen molar-refractivity contribution in [3.05, 3.63) is 0 Å². The van der Waals surface area contributed by atoms with Crippen LogP contribution in [0.3, 0.4) is 0 Å². The van der Waals surface area contributed by atoms with E-state index in [1.807, 2.05) is 0 Å². The molecule has 0 aromatic heterocycles. The van der Waals surface area contributed by atoms with E-state index < -0.39 is 0 Å². The average molecular weight is 154 g/mol. The summed E-state index contributed by atoms with van der Waals surface area (Å²) in [6.07, 6.45) is 8.44. The van der Waals surface area contributed by atoms with Gasteiger partial charge in [0.25, 0.3) is 0 Å². The monoisotopic (exact) mass is 154 g/mol. The minimum atomic E-state index is -0.273. The number of aliphatic hydroxyl groups is 1. The highest BCUT2D eigenvalue weighted by Crippen LogP contribution is 2.54. The quantitative estimate of drug-likeness (QED) is 0.568. The molecular weight excluding hydrogens is 136 g/mol. The Labute approximate surface area is 68.8 Å². The van der Waals surface area contributed by atoms with Crippen LogP contribution in [0.1, 0.15) is 51.9 Å². The summed E-state index contributed by atoms with van der Waals surface area (Å²) in [5, 5.41) is 10.3. The summed E-state index contributed by atoms with van der Waals surface area (Å²) in [5.74, 6) is 0. The fraction of sp³-hybridized carbons (Fsp3) is 1.00. The molecule has 2 aliphatic carbocycles. The van der Waals surface area contributed by atoms with Gasteiger partial charge in [-0.15, -0.1) is 0 Å². The Morgan fingerprint density at radius 2 is 1.45 bits per heavy atom. The van der Waals surface area contributed by atoms with Crippen LogP contribution in [0.2, 0.25) is 0 Å². The zero-order chi connectivity index (χ0) is 7.95. The van der Waals surface area contributed by atoms with Crippen LogP contribution >= 0.6 is 0 Å². The highest BCUT2D eigenvalue weighted by atomic mass is 16.3. The van der Waals surface area contributed by atoms with Gasteiger partial charge in [-0.25, -0.2) is 0 Å². The predicted molar refractivity (Wildman–Crippen MR) is 45.4 cm³/mol. The van der Waals surface area contributed by atoms with Crippen LogP contribution < -0.4 is 0 Å². The molecule has 0 bridgehead atoms. The van der Waals surface area contributed by atoms with Crippen LogP contribution in [0.5, 0.6) is 0 Å². The summed E-state index contributed by atoms with van der Waals surface area (Å²) in [6.45, 7) is 2.28. The molecule has 2 fully saturated rings. The molecule has 0 spiro atoms. The normalized spacial score (nSPS) is 50.7. The van der Waals surface area contributed by atoms with Crippen LogP contribution in [0.25, 0.3) is 0 Å². The Kier molecular flexibility index (Phi) is 1.54. The van der Waals surface area contributed by atoms with Gasteiger partial charge in [-0.3, -0.25) is 0 Å². The summed E-state index contributed by atoms with van der Waals surface area (Å²) >= 11 is 0. The van der Waals surface area contributed by atoms with E-state index in [9.17, 15) is 5.11 Å². The van der Waals surface area contributed by atoms with Gasteiger partial charge in [0.1, 0.15) is 0 Å². The van der Waals surface area contributed by atoms with Crippen LogP contribution in [-0.2, 0) is 0 Å². The van der Waals surface area contributed by atoms with Gasteiger partial charge in [0, 0.05) is 0 Å². The zero-order valence-electron chi connectivity index (χ0n) is 7.40. The lowest BCUT2D eigenvalue weighted by Gasteiger charge is -2.43. The third kappa shape index (κ3) is 0.936. The van der Waals surface area contributed by atoms with Gasteiger partial charge in [0.2, 0.25) is 0 Å². The van der Waals surface area contributed by atoms with E-state index in [0.29, 0.717) is 0 Å². The van der Waals surface area contributed by atoms with Crippen molar-refractivity contribution >= 4 is 0 Å². The maximum atomic E-state index is 10.3. The van der Waals surface area contributed by atoms with Crippen molar-refractivity contribution < 1.29 is 5.11 Å². The molecule has 1 nitrogen and oxygen atoms in total. The Balaban J connectivity index is 2.24. The minimum Gasteiger partial charge on any atom is -0.389 e. The highest BCUT2D eigenvalue weighted by Gasteiger charge is 2.51. The molecule has 0 aromatic carbocycles. The first-order valence-corrected chi connectivity index (χ1v) is 4.89. The van der Waals surface area contributed by atoms with Gasteiger partial charge in [-0.1, -0.05) is 19.8 Å². The standard InChI is InChI=1S/C10H18O/c1-9-5-2-3-7-10(9,11)8-4-6-9/h11H,2-8H2,1H3. The highest BCUT2D eigenvalue weighted by molar-refractivity contribution is 5.03. The van der Waals surface area contributed by atoms with Crippen LogP contribution in [-0.4, -0.2) is 10.7 Å². The molecular formula is C10H18O. The third-order valence-electron chi connectivity index (χ3n) is 4.01. The summed E-state index contributed by atoms with van der Waals surface area (Å²) in [7, 11) is 0. The molecule has 0 amide bonds. The maximum absolute atomic E-state index is 10.3. The van der Waals surface area contributed by atoms with Crippen molar-refractivity contribution in [2.24, 2.45) is 5.41 Å². The van der Waals surface area contributed by atoms with Crippen LogP contribution in [0.15, 0.2) is 0 Å². The zero-order valence-corrected chi connectivity index (χ0v) is 7.40. The van der Waals surface area contributed by atoms with E-state index in [1.54, 1.807) is 0 Å². The van der Waals surface area contributed by atoms with Crippen molar-refractivity contribution in [2.45, 2.75) is 57.5 Å². The average Bonchev–Trinajstić information content (AvgIpc) is 2.25. The molecule has 0 aromatic rings. The number of hydrogen-bond acceptors (Lipinski definition) is 1. The van der Waals surface area contributed by atoms with Crippen LogP contribution in [0, 0.1) is 5.41 Å². The Morgan fingerprint density at radius 1 is 0.909 bits per heavy atom. The minimum absolute atomic E-state index is 0.273. The number of hydrogen-bond donors (Lipinski definition) is 1. The Morgan fingerprint density at radius 3 is 2.18 bits per heavy atom. The molecule has 1 heteroatoms. The smallest absolute Gasteiger partial charge is 0.0701 e. The van der Waals surface area contributed by atoms with E-state index in [1.165, 1.54) is 32.1 Å². The largest absolute Gasteiger partial charge is 0.389 e. The van der Waals surface area contributed by atoms with E-state index in [2.05, 4.69) is 6.92 Å². The third-order valence-corrected chi connectivity index (χ3v) is 4.01. The molecule has 2 rings (SSSR count). The number of rotatable bonds is 0. The summed E-state index contributed by atoms with van der Waals surface area (Å²) in [5.41, 5.74) is 0.0104. The summed E-state index contributed by atoms with van der Waals surface area (Å²) < 4.78 is 0. The molecule has 1 N–H and O–H groups in total. The molecule has 0 saturated heterocycles. The van der Waals surface area contributed by atoms with E-state index in [-0.39, 0.29) is 11.0 Å². The fourth-order valence-electron chi connectivity index (χ4n) is 3.02. The maximum Gasteiger partial charge on any atom is 0.0701 e. The molecule has 2 atom stereocenters. The van der Waals surface area contributed by atoms with Crippen LogP contribution in [0.4, 0.5) is 0 Å². The Hall–Kier alpha value is -0.0400. The number of fused-ring (bicyclic) bond motifs is 1. The lowest BCUT2D eigenvalue weighted by Crippen LogP contribution is -2.44. The second kappa shape index (κ2) is 2.22. The van der Waals surface area contributed by atoms with E-state index in [0.717, 1.165) is 12.8 Å². The second-order valence-corrected chi connectivity index (χ2v) is 4.65. The van der Waals surface area contributed by atoms with E-state index >= 15 is 0 Å². The second-order valence-electron chi connectivity index (χ2n) is 4.65. The first-order valence-electron chi connectivity index (χ1n) is 4.89. The van der Waals surface area contributed by atoms with Gasteiger partial charge in [-0.2, -0.15) is 0 Å². The van der Waals surface area contributed by atoms with Gasteiger partial charge < -0.3 is 5.11 Å². The van der Waals surface area contributed by atoms with Crippen molar-refractivity contribution in [2.75, 3.05) is 0 Å². The van der Waals surface area contributed by atoms with Gasteiger partial charge in [0.15, 0.2) is 0 Å². The molecule has 0 radical (unpaired) electrons. The van der Waals surface area contributed by atoms with Crippen molar-refractivity contribution in [3.63, 3.8) is 0 Å². The lowest BCUT2D eigenvalue weighted by atomic mass is 9.66. The molecule has 2 aliphatic rings. The molecule has 2 unspecified atom stereocenters.